The molecule has 3 N–H and O–H groups in total. The van der Waals surface area contributed by atoms with E-state index >= 15 is 0 Å². The second-order valence-electron chi connectivity index (χ2n) is 4.26. The maximum Gasteiger partial charge on any atom is 0.105 e. The minimum absolute atomic E-state index is 0.547. The SMILES string of the molecule is CNCCC(O)C(O)c1cc(C)ccc1C. The lowest BCUT2D eigenvalue weighted by Gasteiger charge is -2.20. The van der Waals surface area contributed by atoms with Crippen LogP contribution in [0.4, 0.5) is 0 Å². The Labute approximate surface area is 97.1 Å². The quantitative estimate of drug-likeness (QED) is 0.705. The van der Waals surface area contributed by atoms with Crippen molar-refractivity contribution in [1.82, 2.24) is 5.32 Å². The van der Waals surface area contributed by atoms with Crippen molar-refractivity contribution in [2.24, 2.45) is 0 Å². The summed E-state index contributed by atoms with van der Waals surface area (Å²) in [7, 11) is 1.83. The predicted octanol–water partition coefficient (Wildman–Crippen LogP) is 1.31. The van der Waals surface area contributed by atoms with Crippen LogP contribution in [-0.4, -0.2) is 29.9 Å². The van der Waals surface area contributed by atoms with E-state index in [1.165, 1.54) is 0 Å². The van der Waals surface area contributed by atoms with Crippen molar-refractivity contribution in [2.75, 3.05) is 13.6 Å². The number of aliphatic hydroxyl groups excluding tert-OH is 2. The highest BCUT2D eigenvalue weighted by atomic mass is 16.3. The average molecular weight is 223 g/mol. The molecule has 90 valence electrons. The van der Waals surface area contributed by atoms with Crippen molar-refractivity contribution in [3.63, 3.8) is 0 Å². The van der Waals surface area contributed by atoms with E-state index in [1.807, 2.05) is 39.1 Å². The van der Waals surface area contributed by atoms with Crippen LogP contribution in [0.15, 0.2) is 18.2 Å². The van der Waals surface area contributed by atoms with E-state index in [2.05, 4.69) is 5.32 Å². The molecule has 0 fully saturated rings. The molecule has 0 saturated heterocycles. The Morgan fingerprint density at radius 2 is 1.94 bits per heavy atom. The maximum atomic E-state index is 10.0. The first-order valence-corrected chi connectivity index (χ1v) is 5.64. The average Bonchev–Trinajstić information content (AvgIpc) is 2.28. The monoisotopic (exact) mass is 223 g/mol. The largest absolute Gasteiger partial charge is 0.390 e. The zero-order valence-corrected chi connectivity index (χ0v) is 10.2. The second-order valence-corrected chi connectivity index (χ2v) is 4.26. The number of hydrogen-bond acceptors (Lipinski definition) is 3. The van der Waals surface area contributed by atoms with Crippen molar-refractivity contribution in [1.29, 1.82) is 0 Å². The number of nitrogens with one attached hydrogen (secondary N) is 1. The zero-order chi connectivity index (χ0) is 12.1. The van der Waals surface area contributed by atoms with Gasteiger partial charge < -0.3 is 15.5 Å². The normalized spacial score (nSPS) is 14.8. The summed E-state index contributed by atoms with van der Waals surface area (Å²) in [6.45, 7) is 4.63. The molecule has 0 aliphatic carbocycles. The number of aliphatic hydroxyl groups is 2. The summed E-state index contributed by atoms with van der Waals surface area (Å²) in [4.78, 5) is 0. The lowest BCUT2D eigenvalue weighted by molar-refractivity contribution is 0.0136. The van der Waals surface area contributed by atoms with Crippen LogP contribution < -0.4 is 5.32 Å². The fourth-order valence-corrected chi connectivity index (χ4v) is 1.74. The summed E-state index contributed by atoms with van der Waals surface area (Å²) in [5.41, 5.74) is 2.94. The summed E-state index contributed by atoms with van der Waals surface area (Å²) in [5.74, 6) is 0. The van der Waals surface area contributed by atoms with Gasteiger partial charge in [0.15, 0.2) is 0 Å². The minimum atomic E-state index is -0.798. The predicted molar refractivity (Wildman–Crippen MR) is 65.4 cm³/mol. The van der Waals surface area contributed by atoms with E-state index in [0.717, 1.165) is 16.7 Å². The molecule has 1 rings (SSSR count). The van der Waals surface area contributed by atoms with Crippen LogP contribution in [0, 0.1) is 13.8 Å². The van der Waals surface area contributed by atoms with Gasteiger partial charge >= 0.3 is 0 Å². The van der Waals surface area contributed by atoms with Crippen molar-refractivity contribution >= 4 is 0 Å². The molecule has 0 aliphatic rings. The lowest BCUT2D eigenvalue weighted by atomic mass is 9.96. The molecule has 0 radical (unpaired) electrons. The maximum absolute atomic E-state index is 10.0. The number of aryl methyl sites for hydroxylation is 2. The van der Waals surface area contributed by atoms with Gasteiger partial charge in [-0.3, -0.25) is 0 Å². The highest BCUT2D eigenvalue weighted by molar-refractivity contribution is 5.32. The summed E-state index contributed by atoms with van der Waals surface area (Å²) in [6.07, 6.45) is -0.966. The Hall–Kier alpha value is -0.900. The van der Waals surface area contributed by atoms with Crippen molar-refractivity contribution < 1.29 is 10.2 Å². The fraction of sp³-hybridized carbons (Fsp3) is 0.538. The molecule has 3 heteroatoms. The van der Waals surface area contributed by atoms with Crippen molar-refractivity contribution in [3.05, 3.63) is 34.9 Å². The van der Waals surface area contributed by atoms with Gasteiger partial charge in [0.25, 0.3) is 0 Å². The third kappa shape index (κ3) is 3.30. The van der Waals surface area contributed by atoms with Gasteiger partial charge in [0, 0.05) is 0 Å². The first-order valence-electron chi connectivity index (χ1n) is 5.64. The van der Waals surface area contributed by atoms with Gasteiger partial charge in [0.2, 0.25) is 0 Å². The van der Waals surface area contributed by atoms with Crippen LogP contribution in [0.25, 0.3) is 0 Å². The summed E-state index contributed by atoms with van der Waals surface area (Å²) in [6, 6.07) is 5.91. The van der Waals surface area contributed by atoms with Gasteiger partial charge in [-0.1, -0.05) is 23.8 Å². The zero-order valence-electron chi connectivity index (χ0n) is 10.2. The molecule has 16 heavy (non-hydrogen) atoms. The highest BCUT2D eigenvalue weighted by Gasteiger charge is 2.19. The molecule has 0 bridgehead atoms. The van der Waals surface area contributed by atoms with Gasteiger partial charge in [-0.25, -0.2) is 0 Å². The minimum Gasteiger partial charge on any atom is -0.390 e. The summed E-state index contributed by atoms with van der Waals surface area (Å²) >= 11 is 0. The Kier molecular flexibility index (Phi) is 4.93. The van der Waals surface area contributed by atoms with Crippen molar-refractivity contribution in [3.8, 4) is 0 Å². The summed E-state index contributed by atoms with van der Waals surface area (Å²) in [5, 5.41) is 22.8. The van der Waals surface area contributed by atoms with Gasteiger partial charge in [-0.05, 0) is 45.0 Å². The molecule has 1 aromatic rings. The molecule has 0 spiro atoms. The third-order valence-corrected chi connectivity index (χ3v) is 2.81. The smallest absolute Gasteiger partial charge is 0.105 e. The Morgan fingerprint density at radius 1 is 1.25 bits per heavy atom. The highest BCUT2D eigenvalue weighted by Crippen LogP contribution is 2.23. The first-order chi connectivity index (χ1) is 7.56. The molecule has 1 aromatic carbocycles. The van der Waals surface area contributed by atoms with Crippen molar-refractivity contribution in [2.45, 2.75) is 32.5 Å². The first kappa shape index (κ1) is 13.2. The molecular weight excluding hydrogens is 202 g/mol. The molecular formula is C13H21NO2. The number of rotatable bonds is 5. The lowest BCUT2D eigenvalue weighted by Crippen LogP contribution is -2.23. The molecule has 0 aliphatic heterocycles. The van der Waals surface area contributed by atoms with Gasteiger partial charge in [0.1, 0.15) is 6.10 Å². The van der Waals surface area contributed by atoms with Crippen LogP contribution in [0.5, 0.6) is 0 Å². The molecule has 2 atom stereocenters. The second kappa shape index (κ2) is 5.99. The summed E-state index contributed by atoms with van der Waals surface area (Å²) < 4.78 is 0. The molecule has 3 nitrogen and oxygen atoms in total. The Morgan fingerprint density at radius 3 is 2.56 bits per heavy atom. The number of hydrogen-bond donors (Lipinski definition) is 3. The standard InChI is InChI=1S/C13H21NO2/c1-9-4-5-10(2)11(8-9)13(16)12(15)6-7-14-3/h4-5,8,12-16H,6-7H2,1-3H3. The molecule has 0 amide bonds. The Balaban J connectivity index is 2.78. The van der Waals surface area contributed by atoms with Crippen LogP contribution in [-0.2, 0) is 0 Å². The van der Waals surface area contributed by atoms with E-state index in [-0.39, 0.29) is 0 Å². The van der Waals surface area contributed by atoms with Gasteiger partial charge in [0.05, 0.1) is 6.10 Å². The van der Waals surface area contributed by atoms with E-state index in [4.69, 9.17) is 0 Å². The van der Waals surface area contributed by atoms with E-state index in [1.54, 1.807) is 0 Å². The molecule has 0 aromatic heterocycles. The topological polar surface area (TPSA) is 52.5 Å². The third-order valence-electron chi connectivity index (χ3n) is 2.81. The molecule has 0 saturated carbocycles. The van der Waals surface area contributed by atoms with Gasteiger partial charge in [-0.2, -0.15) is 0 Å². The van der Waals surface area contributed by atoms with Crippen LogP contribution >= 0.6 is 0 Å². The van der Waals surface area contributed by atoms with E-state index < -0.39 is 12.2 Å². The molecule has 0 heterocycles. The van der Waals surface area contributed by atoms with Gasteiger partial charge in [-0.15, -0.1) is 0 Å². The molecule has 2 unspecified atom stereocenters. The van der Waals surface area contributed by atoms with Crippen LogP contribution in [0.1, 0.15) is 29.2 Å². The van der Waals surface area contributed by atoms with Crippen LogP contribution in [0.3, 0.4) is 0 Å². The fourth-order valence-electron chi connectivity index (χ4n) is 1.74. The van der Waals surface area contributed by atoms with E-state index in [0.29, 0.717) is 13.0 Å². The van der Waals surface area contributed by atoms with Crippen LogP contribution in [0.2, 0.25) is 0 Å². The number of benzene rings is 1. The van der Waals surface area contributed by atoms with E-state index in [9.17, 15) is 10.2 Å². The Bertz CT molecular complexity index is 339.